The largest absolute Gasteiger partial charge is 0.478 e. The van der Waals surface area contributed by atoms with Gasteiger partial charge in [0.05, 0.1) is 23.9 Å². The Kier molecular flexibility index (Phi) is 8.37. The third kappa shape index (κ3) is 6.30. The van der Waals surface area contributed by atoms with Crippen LogP contribution in [0.25, 0.3) is 0 Å². The number of carboxylic acid groups (broad SMARTS) is 1. The summed E-state index contributed by atoms with van der Waals surface area (Å²) in [5, 5.41) is 9.91. The number of halogens is 3. The van der Waals surface area contributed by atoms with Crippen LogP contribution in [0.5, 0.6) is 11.6 Å². The maximum atomic E-state index is 13.5. The van der Waals surface area contributed by atoms with Crippen molar-refractivity contribution in [3.63, 3.8) is 0 Å². The number of carbonyl (C=O) groups is 2. The summed E-state index contributed by atoms with van der Waals surface area (Å²) in [5.41, 5.74) is -1.22. The molecule has 0 radical (unpaired) electrons. The molecule has 1 aromatic carbocycles. The molecule has 0 bridgehead atoms. The van der Waals surface area contributed by atoms with Crippen molar-refractivity contribution in [2.24, 2.45) is 11.8 Å². The Labute approximate surface area is 201 Å². The first kappa shape index (κ1) is 26.5. The summed E-state index contributed by atoms with van der Waals surface area (Å²) < 4.78 is 50.5. The first-order valence-corrected chi connectivity index (χ1v) is 11.4. The van der Waals surface area contributed by atoms with Gasteiger partial charge in [-0.25, -0.2) is 9.78 Å². The van der Waals surface area contributed by atoms with Gasteiger partial charge in [-0.2, -0.15) is 13.2 Å². The fraction of sp³-hybridized carbons (Fsp3) is 0.480. The Balaban J connectivity index is 1.99. The molecular weight excluding hydrogens is 465 g/mol. The van der Waals surface area contributed by atoms with Crippen LogP contribution in [0.3, 0.4) is 0 Å². The van der Waals surface area contributed by atoms with Crippen LogP contribution >= 0.6 is 0 Å². The van der Waals surface area contributed by atoms with Gasteiger partial charge in [0, 0.05) is 19.2 Å². The SMILES string of the molecule is COC[C@@H](C)N(C(=O)C1CCC(C)CC1)c1ccc(Oc2ncccc2C(F)(F)F)cc1C(=O)O. The van der Waals surface area contributed by atoms with Crippen LogP contribution in [0.2, 0.25) is 0 Å². The molecule has 0 aliphatic heterocycles. The summed E-state index contributed by atoms with van der Waals surface area (Å²) >= 11 is 0. The van der Waals surface area contributed by atoms with Crippen LogP contribution in [-0.4, -0.2) is 41.7 Å². The monoisotopic (exact) mass is 494 g/mol. The Morgan fingerprint density at radius 3 is 2.49 bits per heavy atom. The molecule has 35 heavy (non-hydrogen) atoms. The van der Waals surface area contributed by atoms with E-state index in [2.05, 4.69) is 11.9 Å². The van der Waals surface area contributed by atoms with Crippen LogP contribution in [0, 0.1) is 11.8 Å². The predicted molar refractivity (Wildman–Crippen MR) is 123 cm³/mol. The molecule has 10 heteroatoms. The van der Waals surface area contributed by atoms with Gasteiger partial charge in [-0.1, -0.05) is 6.92 Å². The Morgan fingerprint density at radius 2 is 1.89 bits per heavy atom. The molecule has 0 saturated heterocycles. The second-order valence-corrected chi connectivity index (χ2v) is 8.91. The van der Waals surface area contributed by atoms with Gasteiger partial charge in [0.15, 0.2) is 0 Å². The number of amides is 1. The van der Waals surface area contributed by atoms with Gasteiger partial charge in [-0.15, -0.1) is 0 Å². The molecule has 1 atom stereocenters. The number of alkyl halides is 3. The molecule has 1 heterocycles. The number of carboxylic acids is 1. The Morgan fingerprint density at radius 1 is 1.20 bits per heavy atom. The van der Waals surface area contributed by atoms with Crippen molar-refractivity contribution in [3.8, 4) is 11.6 Å². The summed E-state index contributed by atoms with van der Waals surface area (Å²) in [6.45, 7) is 4.07. The number of aromatic carboxylic acids is 1. The second kappa shape index (κ2) is 11.1. The number of aromatic nitrogens is 1. The zero-order valence-electron chi connectivity index (χ0n) is 19.8. The summed E-state index contributed by atoms with van der Waals surface area (Å²) in [6.07, 6.45) is -0.316. The number of anilines is 1. The number of nitrogens with zero attached hydrogens (tertiary/aromatic N) is 2. The molecule has 0 unspecified atom stereocenters. The number of carbonyl (C=O) groups excluding carboxylic acids is 1. The number of methoxy groups -OCH3 is 1. The van der Waals surface area contributed by atoms with Crippen LogP contribution in [-0.2, 0) is 15.7 Å². The standard InChI is InChI=1S/C25H29F3N2O5/c1-15-6-8-17(9-7-15)23(31)30(16(2)14-34-3)21-11-10-18(13-19(21)24(32)33)35-22-20(25(26,27)28)5-4-12-29-22/h4-5,10-13,15-17H,6-9,14H2,1-3H3,(H,32,33)/t15?,16-,17?/m1/s1. The average Bonchev–Trinajstić information content (AvgIpc) is 2.80. The van der Waals surface area contributed by atoms with E-state index in [0.29, 0.717) is 18.8 Å². The normalized spacial score (nSPS) is 19.1. The first-order valence-electron chi connectivity index (χ1n) is 11.4. The lowest BCUT2D eigenvalue weighted by atomic mass is 9.82. The van der Waals surface area contributed by atoms with E-state index in [-0.39, 0.29) is 35.4 Å². The topological polar surface area (TPSA) is 89.0 Å². The maximum Gasteiger partial charge on any atom is 0.421 e. The van der Waals surface area contributed by atoms with Gasteiger partial charge in [-0.05, 0) is 68.9 Å². The molecule has 7 nitrogen and oxygen atoms in total. The van der Waals surface area contributed by atoms with Gasteiger partial charge in [-0.3, -0.25) is 4.79 Å². The van der Waals surface area contributed by atoms with Crippen molar-refractivity contribution in [1.29, 1.82) is 0 Å². The van der Waals surface area contributed by atoms with E-state index in [1.54, 1.807) is 6.92 Å². The van der Waals surface area contributed by atoms with Crippen molar-refractivity contribution in [2.45, 2.75) is 51.7 Å². The van der Waals surface area contributed by atoms with Gasteiger partial charge in [0.2, 0.25) is 11.8 Å². The zero-order valence-corrected chi connectivity index (χ0v) is 19.8. The molecule has 1 N–H and O–H groups in total. The van der Waals surface area contributed by atoms with Crippen LogP contribution in [0.1, 0.15) is 55.5 Å². The number of hydrogen-bond donors (Lipinski definition) is 1. The molecule has 190 valence electrons. The third-order valence-electron chi connectivity index (χ3n) is 6.20. The highest BCUT2D eigenvalue weighted by Crippen LogP contribution is 2.38. The van der Waals surface area contributed by atoms with Crippen LogP contribution in [0.15, 0.2) is 36.5 Å². The third-order valence-corrected chi connectivity index (χ3v) is 6.20. The number of hydrogen-bond acceptors (Lipinski definition) is 5. The lowest BCUT2D eigenvalue weighted by molar-refractivity contribution is -0.138. The molecule has 1 aliphatic rings. The maximum absolute atomic E-state index is 13.5. The van der Waals surface area contributed by atoms with E-state index < -0.39 is 29.6 Å². The fourth-order valence-corrected chi connectivity index (χ4v) is 4.35. The minimum Gasteiger partial charge on any atom is -0.478 e. The Hall–Kier alpha value is -3.14. The van der Waals surface area contributed by atoms with Crippen molar-refractivity contribution in [2.75, 3.05) is 18.6 Å². The molecule has 1 saturated carbocycles. The second-order valence-electron chi connectivity index (χ2n) is 8.91. The smallest absolute Gasteiger partial charge is 0.421 e. The van der Waals surface area contributed by atoms with Gasteiger partial charge < -0.3 is 19.5 Å². The molecule has 1 aliphatic carbocycles. The summed E-state index contributed by atoms with van der Waals surface area (Å²) in [4.78, 5) is 30.8. The van der Waals surface area contributed by atoms with Crippen molar-refractivity contribution >= 4 is 17.6 Å². The number of rotatable bonds is 8. The first-order chi connectivity index (χ1) is 16.5. The van der Waals surface area contributed by atoms with E-state index in [1.165, 1.54) is 24.1 Å². The molecule has 1 fully saturated rings. The lowest BCUT2D eigenvalue weighted by Crippen LogP contribution is -2.46. The van der Waals surface area contributed by atoms with E-state index in [4.69, 9.17) is 9.47 Å². The molecular formula is C25H29F3N2O5. The molecule has 0 spiro atoms. The van der Waals surface area contributed by atoms with Crippen molar-refractivity contribution < 1.29 is 37.3 Å². The van der Waals surface area contributed by atoms with Crippen LogP contribution in [0.4, 0.5) is 18.9 Å². The highest BCUT2D eigenvalue weighted by Gasteiger charge is 2.36. The van der Waals surface area contributed by atoms with E-state index >= 15 is 0 Å². The average molecular weight is 495 g/mol. The molecule has 1 aromatic heterocycles. The van der Waals surface area contributed by atoms with Crippen LogP contribution < -0.4 is 9.64 Å². The summed E-state index contributed by atoms with van der Waals surface area (Å²) in [6, 6.07) is 5.31. The van der Waals surface area contributed by atoms with E-state index in [0.717, 1.165) is 37.2 Å². The zero-order chi connectivity index (χ0) is 25.8. The van der Waals surface area contributed by atoms with E-state index in [1.807, 2.05) is 0 Å². The highest BCUT2D eigenvalue weighted by atomic mass is 19.4. The van der Waals surface area contributed by atoms with Gasteiger partial charge in [0.25, 0.3) is 0 Å². The van der Waals surface area contributed by atoms with Crippen molar-refractivity contribution in [3.05, 3.63) is 47.7 Å². The molecule has 1 amide bonds. The summed E-state index contributed by atoms with van der Waals surface area (Å²) in [7, 11) is 1.49. The minimum absolute atomic E-state index is 0.134. The Bertz CT molecular complexity index is 1050. The van der Waals surface area contributed by atoms with Gasteiger partial charge >= 0.3 is 12.1 Å². The summed E-state index contributed by atoms with van der Waals surface area (Å²) in [5.74, 6) is -2.09. The van der Waals surface area contributed by atoms with Crippen molar-refractivity contribution in [1.82, 2.24) is 4.98 Å². The number of pyridine rings is 1. The van der Waals surface area contributed by atoms with Gasteiger partial charge in [0.1, 0.15) is 11.3 Å². The number of ether oxygens (including phenoxy) is 2. The predicted octanol–water partition coefficient (Wildman–Crippen LogP) is 5.79. The minimum atomic E-state index is -4.70. The highest BCUT2D eigenvalue weighted by molar-refractivity contribution is 6.03. The fourth-order valence-electron chi connectivity index (χ4n) is 4.35. The number of benzene rings is 1. The molecule has 3 rings (SSSR count). The quantitative estimate of drug-likeness (QED) is 0.500. The molecule has 2 aromatic rings. The lowest BCUT2D eigenvalue weighted by Gasteiger charge is -2.35. The van der Waals surface area contributed by atoms with E-state index in [9.17, 15) is 27.9 Å².